The zero-order valence-corrected chi connectivity index (χ0v) is 14.3. The molecule has 3 rings (SSSR count). The number of nitrogens with zero attached hydrogens (tertiary/aromatic N) is 2. The lowest BCUT2D eigenvalue weighted by Crippen LogP contribution is -2.52. The van der Waals surface area contributed by atoms with E-state index in [1.54, 1.807) is 24.3 Å². The lowest BCUT2D eigenvalue weighted by Gasteiger charge is -2.35. The number of hydrogen-bond acceptors (Lipinski definition) is 5. The van der Waals surface area contributed by atoms with Crippen LogP contribution in [0.4, 0.5) is 0 Å². The molecule has 0 N–H and O–H groups in total. The Kier molecular flexibility index (Phi) is 4.54. The molecule has 2 aliphatic heterocycles. The molecule has 0 radical (unpaired) electrons. The van der Waals surface area contributed by atoms with Crippen LogP contribution in [0.2, 0.25) is 0 Å². The van der Waals surface area contributed by atoms with Gasteiger partial charge in [-0.2, -0.15) is 4.31 Å². The molecule has 0 aliphatic carbocycles. The highest BCUT2D eigenvalue weighted by Crippen LogP contribution is 2.23. The Labute approximate surface area is 138 Å². The number of ether oxygens (including phenoxy) is 1. The van der Waals surface area contributed by atoms with Gasteiger partial charge < -0.3 is 4.74 Å². The standard InChI is InChI=1S/C14H17BrN2O4S/c15-11-2-1-3-12(10-11)22(19,20)17-7-5-16(6-8-17)13-4-9-21-14(13)18/h1-3,10,13H,4-9H2/t13-/m0/s1. The Morgan fingerprint density at radius 3 is 2.50 bits per heavy atom. The molecule has 0 saturated carbocycles. The number of cyclic esters (lactones) is 1. The lowest BCUT2D eigenvalue weighted by molar-refractivity contribution is -0.142. The highest BCUT2D eigenvalue weighted by Gasteiger charge is 2.36. The van der Waals surface area contributed by atoms with Gasteiger partial charge in [0.25, 0.3) is 0 Å². The van der Waals surface area contributed by atoms with Crippen molar-refractivity contribution in [3.05, 3.63) is 28.7 Å². The predicted octanol–water partition coefficient (Wildman–Crippen LogP) is 1.07. The average Bonchev–Trinajstić information content (AvgIpc) is 2.93. The van der Waals surface area contributed by atoms with Crippen LogP contribution >= 0.6 is 15.9 Å². The van der Waals surface area contributed by atoms with Crippen LogP contribution in [0.5, 0.6) is 0 Å². The molecule has 0 aromatic heterocycles. The summed E-state index contributed by atoms with van der Waals surface area (Å²) >= 11 is 3.30. The van der Waals surface area contributed by atoms with Crippen LogP contribution in [-0.4, -0.2) is 62.4 Å². The molecule has 2 heterocycles. The topological polar surface area (TPSA) is 66.9 Å². The van der Waals surface area contributed by atoms with E-state index in [1.807, 2.05) is 4.90 Å². The number of benzene rings is 1. The van der Waals surface area contributed by atoms with Crippen LogP contribution in [-0.2, 0) is 19.6 Å². The van der Waals surface area contributed by atoms with E-state index in [4.69, 9.17) is 4.74 Å². The molecular formula is C14H17BrN2O4S. The zero-order chi connectivity index (χ0) is 15.7. The van der Waals surface area contributed by atoms with E-state index in [2.05, 4.69) is 15.9 Å². The van der Waals surface area contributed by atoms with Crippen molar-refractivity contribution in [2.45, 2.75) is 17.4 Å². The first kappa shape index (κ1) is 15.9. The van der Waals surface area contributed by atoms with E-state index in [0.717, 1.165) is 4.47 Å². The molecular weight excluding hydrogens is 372 g/mol. The molecule has 2 fully saturated rings. The van der Waals surface area contributed by atoms with Gasteiger partial charge in [0.2, 0.25) is 10.0 Å². The second-order valence-corrected chi connectivity index (χ2v) is 8.22. The van der Waals surface area contributed by atoms with Crippen LogP contribution in [0.25, 0.3) is 0 Å². The summed E-state index contributed by atoms with van der Waals surface area (Å²) in [5.74, 6) is -0.191. The maximum atomic E-state index is 12.6. The van der Waals surface area contributed by atoms with Gasteiger partial charge in [0.15, 0.2) is 0 Å². The normalized spacial score (nSPS) is 24.4. The summed E-state index contributed by atoms with van der Waals surface area (Å²) in [6.45, 7) is 2.33. The number of halogens is 1. The van der Waals surface area contributed by atoms with Crippen LogP contribution in [0.3, 0.4) is 0 Å². The Balaban J connectivity index is 1.69. The summed E-state index contributed by atoms with van der Waals surface area (Å²) in [5.41, 5.74) is 0. The van der Waals surface area contributed by atoms with Crippen LogP contribution < -0.4 is 0 Å². The van der Waals surface area contributed by atoms with E-state index in [9.17, 15) is 13.2 Å². The first-order valence-corrected chi connectivity index (χ1v) is 9.38. The number of carbonyl (C=O) groups is 1. The quantitative estimate of drug-likeness (QED) is 0.724. The number of sulfonamides is 1. The van der Waals surface area contributed by atoms with Gasteiger partial charge in [-0.15, -0.1) is 0 Å². The first-order chi connectivity index (χ1) is 10.5. The van der Waals surface area contributed by atoms with Crippen LogP contribution in [0, 0.1) is 0 Å². The number of rotatable bonds is 3. The molecule has 2 aliphatic rings. The molecule has 22 heavy (non-hydrogen) atoms. The smallest absolute Gasteiger partial charge is 0.323 e. The maximum absolute atomic E-state index is 12.6. The summed E-state index contributed by atoms with van der Waals surface area (Å²) in [5, 5.41) is 0. The van der Waals surface area contributed by atoms with E-state index < -0.39 is 10.0 Å². The second-order valence-electron chi connectivity index (χ2n) is 5.37. The summed E-state index contributed by atoms with van der Waals surface area (Å²) in [4.78, 5) is 13.9. The fourth-order valence-corrected chi connectivity index (χ4v) is 4.87. The SMILES string of the molecule is O=C1OCC[C@@H]1N1CCN(S(=O)(=O)c2cccc(Br)c2)CC1. The van der Waals surface area contributed by atoms with Gasteiger partial charge >= 0.3 is 5.97 Å². The van der Waals surface area contributed by atoms with Crippen molar-refractivity contribution in [3.63, 3.8) is 0 Å². The number of hydrogen-bond donors (Lipinski definition) is 0. The third-order valence-electron chi connectivity index (χ3n) is 4.06. The molecule has 0 spiro atoms. The molecule has 1 aromatic carbocycles. The van der Waals surface area contributed by atoms with Crippen molar-refractivity contribution >= 4 is 31.9 Å². The molecule has 120 valence electrons. The fourth-order valence-electron chi connectivity index (χ4n) is 2.85. The Hall–Kier alpha value is -0.960. The van der Waals surface area contributed by atoms with Gasteiger partial charge in [0.05, 0.1) is 11.5 Å². The van der Waals surface area contributed by atoms with Crippen molar-refractivity contribution in [1.82, 2.24) is 9.21 Å². The number of carbonyl (C=O) groups excluding carboxylic acids is 1. The minimum atomic E-state index is -3.48. The maximum Gasteiger partial charge on any atom is 0.323 e. The van der Waals surface area contributed by atoms with Crippen molar-refractivity contribution in [3.8, 4) is 0 Å². The Morgan fingerprint density at radius 1 is 1.18 bits per heavy atom. The molecule has 1 aromatic rings. The summed E-state index contributed by atoms with van der Waals surface area (Å²) in [7, 11) is -3.48. The molecule has 0 unspecified atom stereocenters. The van der Waals surface area contributed by atoms with E-state index in [-0.39, 0.29) is 16.9 Å². The third kappa shape index (κ3) is 3.05. The zero-order valence-electron chi connectivity index (χ0n) is 11.9. The molecule has 2 saturated heterocycles. The van der Waals surface area contributed by atoms with Crippen molar-refractivity contribution < 1.29 is 17.9 Å². The average molecular weight is 389 g/mol. The second kappa shape index (κ2) is 6.27. The fraction of sp³-hybridized carbons (Fsp3) is 0.500. The predicted molar refractivity (Wildman–Crippen MR) is 83.8 cm³/mol. The van der Waals surface area contributed by atoms with E-state index in [1.165, 1.54) is 4.31 Å². The number of piperazine rings is 1. The Bertz CT molecular complexity index is 671. The largest absolute Gasteiger partial charge is 0.464 e. The molecule has 1 atom stereocenters. The summed E-state index contributed by atoms with van der Waals surface area (Å²) in [6, 6.07) is 6.50. The molecule has 0 bridgehead atoms. The first-order valence-electron chi connectivity index (χ1n) is 7.15. The van der Waals surface area contributed by atoms with Gasteiger partial charge in [-0.05, 0) is 18.2 Å². The molecule has 8 heteroatoms. The summed E-state index contributed by atoms with van der Waals surface area (Å²) in [6.07, 6.45) is 0.692. The summed E-state index contributed by atoms with van der Waals surface area (Å²) < 4.78 is 32.4. The van der Waals surface area contributed by atoms with E-state index >= 15 is 0 Å². The highest BCUT2D eigenvalue weighted by molar-refractivity contribution is 9.10. The van der Waals surface area contributed by atoms with Gasteiger partial charge in [0.1, 0.15) is 6.04 Å². The van der Waals surface area contributed by atoms with Crippen molar-refractivity contribution in [2.24, 2.45) is 0 Å². The van der Waals surface area contributed by atoms with Crippen LogP contribution in [0.15, 0.2) is 33.6 Å². The van der Waals surface area contributed by atoms with Crippen molar-refractivity contribution in [2.75, 3.05) is 32.8 Å². The molecule has 6 nitrogen and oxygen atoms in total. The Morgan fingerprint density at radius 2 is 1.91 bits per heavy atom. The third-order valence-corrected chi connectivity index (χ3v) is 6.44. The lowest BCUT2D eigenvalue weighted by atomic mass is 10.2. The van der Waals surface area contributed by atoms with Crippen molar-refractivity contribution in [1.29, 1.82) is 0 Å². The van der Waals surface area contributed by atoms with Gasteiger partial charge in [0, 0.05) is 37.1 Å². The minimum Gasteiger partial charge on any atom is -0.464 e. The van der Waals surface area contributed by atoms with Crippen LogP contribution in [0.1, 0.15) is 6.42 Å². The minimum absolute atomic E-state index is 0.191. The van der Waals surface area contributed by atoms with E-state index in [0.29, 0.717) is 39.2 Å². The highest BCUT2D eigenvalue weighted by atomic mass is 79.9. The molecule has 0 amide bonds. The monoisotopic (exact) mass is 388 g/mol. The number of esters is 1. The van der Waals surface area contributed by atoms with Gasteiger partial charge in [-0.1, -0.05) is 22.0 Å². The van der Waals surface area contributed by atoms with Gasteiger partial charge in [-0.25, -0.2) is 8.42 Å². The van der Waals surface area contributed by atoms with Gasteiger partial charge in [-0.3, -0.25) is 9.69 Å².